The summed E-state index contributed by atoms with van der Waals surface area (Å²) in [7, 11) is 0. The number of hydrogen-bond acceptors (Lipinski definition) is 5. The van der Waals surface area contributed by atoms with E-state index in [2.05, 4.69) is 27.3 Å². The Morgan fingerprint density at radius 3 is 3.04 bits per heavy atom. The van der Waals surface area contributed by atoms with Crippen LogP contribution in [-0.4, -0.2) is 29.4 Å². The van der Waals surface area contributed by atoms with Crippen molar-refractivity contribution in [1.82, 2.24) is 29.4 Å². The fourth-order valence-electron chi connectivity index (χ4n) is 2.78. The second-order valence-electron chi connectivity index (χ2n) is 5.49. The lowest BCUT2D eigenvalue weighted by atomic mass is 10.1. The van der Waals surface area contributed by atoms with E-state index in [1.807, 2.05) is 40.5 Å². The van der Waals surface area contributed by atoms with E-state index in [9.17, 15) is 0 Å². The molecule has 0 fully saturated rings. The van der Waals surface area contributed by atoms with Gasteiger partial charge in [-0.15, -0.1) is 16.4 Å². The largest absolute Gasteiger partial charge is 0.268 e. The number of thiophene rings is 1. The van der Waals surface area contributed by atoms with Gasteiger partial charge in [0.05, 0.1) is 11.9 Å². The molecule has 5 aromatic rings. The zero-order chi connectivity index (χ0) is 15.9. The molecule has 0 bridgehead atoms. The predicted octanol–water partition coefficient (Wildman–Crippen LogP) is 3.25. The summed E-state index contributed by atoms with van der Waals surface area (Å²) in [6, 6.07) is 12.2. The van der Waals surface area contributed by atoms with Gasteiger partial charge in [0, 0.05) is 18.0 Å². The molecule has 0 spiro atoms. The maximum Gasteiger partial charge on any atom is 0.182 e. The highest BCUT2D eigenvalue weighted by molar-refractivity contribution is 7.16. The maximum absolute atomic E-state index is 4.72. The number of hydrogen-bond donors (Lipinski definition) is 0. The van der Waals surface area contributed by atoms with E-state index in [-0.39, 0.29) is 0 Å². The summed E-state index contributed by atoms with van der Waals surface area (Å²) in [5.41, 5.74) is 2.99. The van der Waals surface area contributed by atoms with Gasteiger partial charge in [-0.3, -0.25) is 4.68 Å². The average molecular weight is 332 g/mol. The highest BCUT2D eigenvalue weighted by Crippen LogP contribution is 2.24. The number of rotatable bonds is 3. The van der Waals surface area contributed by atoms with Gasteiger partial charge in [0.25, 0.3) is 0 Å². The molecule has 4 aromatic heterocycles. The van der Waals surface area contributed by atoms with Gasteiger partial charge >= 0.3 is 0 Å². The molecule has 0 aliphatic rings. The molecule has 0 amide bonds. The molecule has 0 N–H and O–H groups in total. The lowest BCUT2D eigenvalue weighted by Gasteiger charge is -2.03. The molecule has 0 aliphatic heterocycles. The number of fused-ring (bicyclic) bond motifs is 3. The molecule has 0 aliphatic carbocycles. The van der Waals surface area contributed by atoms with Crippen LogP contribution in [0.5, 0.6) is 0 Å². The average Bonchev–Trinajstić information content (AvgIpc) is 3.34. The predicted molar refractivity (Wildman–Crippen MR) is 92.9 cm³/mol. The maximum atomic E-state index is 4.72. The number of aromatic nitrogens is 6. The van der Waals surface area contributed by atoms with Gasteiger partial charge in [0.15, 0.2) is 11.5 Å². The van der Waals surface area contributed by atoms with E-state index in [1.54, 1.807) is 28.4 Å². The molecule has 0 saturated heterocycles. The van der Waals surface area contributed by atoms with Gasteiger partial charge in [-0.05, 0) is 29.1 Å². The van der Waals surface area contributed by atoms with Crippen LogP contribution in [-0.2, 0) is 6.54 Å². The van der Waals surface area contributed by atoms with E-state index >= 15 is 0 Å². The first kappa shape index (κ1) is 13.4. The van der Waals surface area contributed by atoms with Crippen molar-refractivity contribution in [3.63, 3.8) is 0 Å². The first-order chi connectivity index (χ1) is 11.9. The van der Waals surface area contributed by atoms with Gasteiger partial charge in [0.2, 0.25) is 0 Å². The van der Waals surface area contributed by atoms with Crippen molar-refractivity contribution in [3.05, 3.63) is 66.1 Å². The van der Waals surface area contributed by atoms with Crippen molar-refractivity contribution < 1.29 is 0 Å². The van der Waals surface area contributed by atoms with E-state index in [0.29, 0.717) is 5.82 Å². The zero-order valence-electron chi connectivity index (χ0n) is 12.6. The Hall–Kier alpha value is -3.06. The quantitative estimate of drug-likeness (QED) is 0.509. The van der Waals surface area contributed by atoms with Crippen LogP contribution in [0.4, 0.5) is 0 Å². The molecule has 6 nitrogen and oxygen atoms in total. The van der Waals surface area contributed by atoms with E-state index in [0.717, 1.165) is 33.5 Å². The minimum atomic E-state index is 0.706. The summed E-state index contributed by atoms with van der Waals surface area (Å²) < 4.78 is 3.64. The monoisotopic (exact) mass is 332 g/mol. The molecule has 0 unspecified atom stereocenters. The molecule has 5 rings (SSSR count). The molecule has 7 heteroatoms. The molecular weight excluding hydrogens is 320 g/mol. The fourth-order valence-corrected chi connectivity index (χ4v) is 3.51. The second kappa shape index (κ2) is 5.24. The molecular formula is C17H12N6S. The lowest BCUT2D eigenvalue weighted by Crippen LogP contribution is -1.99. The van der Waals surface area contributed by atoms with Crippen LogP contribution >= 0.6 is 11.3 Å². The van der Waals surface area contributed by atoms with Crippen molar-refractivity contribution in [3.8, 4) is 11.4 Å². The Labute approximate surface area is 141 Å². The van der Waals surface area contributed by atoms with Crippen LogP contribution in [0.25, 0.3) is 27.3 Å². The Kier molecular flexibility index (Phi) is 2.92. The van der Waals surface area contributed by atoms with Crippen LogP contribution in [0, 0.1) is 0 Å². The van der Waals surface area contributed by atoms with Crippen molar-refractivity contribution in [2.24, 2.45) is 0 Å². The molecule has 0 atom stereocenters. The van der Waals surface area contributed by atoms with Crippen LogP contribution in [0.15, 0.2) is 60.5 Å². The Morgan fingerprint density at radius 2 is 2.12 bits per heavy atom. The lowest BCUT2D eigenvalue weighted by molar-refractivity contribution is 0.687. The molecule has 0 radical (unpaired) electrons. The fraction of sp³-hybridized carbons (Fsp3) is 0.0588. The summed E-state index contributed by atoms with van der Waals surface area (Å²) in [5.74, 6) is 0.706. The van der Waals surface area contributed by atoms with Crippen LogP contribution in [0.3, 0.4) is 0 Å². The molecule has 4 heterocycles. The summed E-state index contributed by atoms with van der Waals surface area (Å²) in [5, 5.41) is 11.9. The van der Waals surface area contributed by atoms with Crippen LogP contribution in [0.1, 0.15) is 5.56 Å². The Morgan fingerprint density at radius 1 is 1.12 bits per heavy atom. The van der Waals surface area contributed by atoms with Gasteiger partial charge < -0.3 is 0 Å². The Bertz CT molecular complexity index is 1140. The van der Waals surface area contributed by atoms with Gasteiger partial charge in [-0.2, -0.15) is 5.10 Å². The first-order valence-corrected chi connectivity index (χ1v) is 8.40. The van der Waals surface area contributed by atoms with E-state index in [1.165, 1.54) is 0 Å². The highest BCUT2D eigenvalue weighted by atomic mass is 32.1. The minimum Gasteiger partial charge on any atom is -0.268 e. The minimum absolute atomic E-state index is 0.706. The number of nitrogens with zero attached hydrogens (tertiary/aromatic N) is 6. The first-order valence-electron chi connectivity index (χ1n) is 7.52. The third-order valence-electron chi connectivity index (χ3n) is 3.89. The van der Waals surface area contributed by atoms with E-state index in [4.69, 9.17) is 4.98 Å². The van der Waals surface area contributed by atoms with Crippen LogP contribution < -0.4 is 0 Å². The van der Waals surface area contributed by atoms with Gasteiger partial charge in [-0.1, -0.05) is 18.2 Å². The topological polar surface area (TPSA) is 60.9 Å². The third-order valence-corrected chi connectivity index (χ3v) is 4.71. The third kappa shape index (κ3) is 2.17. The molecule has 1 aromatic carbocycles. The zero-order valence-corrected chi connectivity index (χ0v) is 13.4. The number of benzene rings is 1. The smallest absolute Gasteiger partial charge is 0.182 e. The van der Waals surface area contributed by atoms with Crippen LogP contribution in [0.2, 0.25) is 0 Å². The normalized spacial score (nSPS) is 11.5. The SMILES string of the molecule is c1cc(Cn2cccn2)cc(-c2nc3c4ccsc4ncn3n2)c1. The standard InChI is InChI=1S/C17H12N6S/c1-3-12(10-22-7-2-6-19-22)9-13(4-1)15-20-16-14-5-8-24-17(14)18-11-23(16)21-15/h1-9,11H,10H2. The van der Waals surface area contributed by atoms with Gasteiger partial charge in [-0.25, -0.2) is 14.5 Å². The second-order valence-corrected chi connectivity index (χ2v) is 6.39. The summed E-state index contributed by atoms with van der Waals surface area (Å²) in [4.78, 5) is 10.1. The van der Waals surface area contributed by atoms with Crippen molar-refractivity contribution >= 4 is 27.2 Å². The van der Waals surface area contributed by atoms with Crippen molar-refractivity contribution in [1.29, 1.82) is 0 Å². The summed E-state index contributed by atoms with van der Waals surface area (Å²) in [6.07, 6.45) is 5.46. The van der Waals surface area contributed by atoms with Crippen molar-refractivity contribution in [2.45, 2.75) is 6.54 Å². The Balaban J connectivity index is 1.59. The van der Waals surface area contributed by atoms with E-state index < -0.39 is 0 Å². The summed E-state index contributed by atoms with van der Waals surface area (Å²) >= 11 is 1.61. The molecule has 0 saturated carbocycles. The molecule has 24 heavy (non-hydrogen) atoms. The van der Waals surface area contributed by atoms with Gasteiger partial charge in [0.1, 0.15) is 11.2 Å². The molecule has 116 valence electrons. The summed E-state index contributed by atoms with van der Waals surface area (Å²) in [6.45, 7) is 0.727. The van der Waals surface area contributed by atoms with Crippen molar-refractivity contribution in [2.75, 3.05) is 0 Å². The highest BCUT2D eigenvalue weighted by Gasteiger charge is 2.11.